The number of anilines is 1. The number of hydrogen-bond donors (Lipinski definition) is 1. The van der Waals surface area contributed by atoms with Gasteiger partial charge in [0.05, 0.1) is 6.61 Å². The van der Waals surface area contributed by atoms with Gasteiger partial charge in [0.25, 0.3) is 0 Å². The molecule has 1 aromatic carbocycles. The molecule has 1 fully saturated rings. The van der Waals surface area contributed by atoms with E-state index in [1.165, 1.54) is 30.5 Å². The van der Waals surface area contributed by atoms with Crippen LogP contribution in [0, 0.1) is 18.8 Å². The molecule has 2 rings (SSSR count). The van der Waals surface area contributed by atoms with Crippen molar-refractivity contribution >= 4 is 5.69 Å². The van der Waals surface area contributed by atoms with Gasteiger partial charge in [-0.2, -0.15) is 0 Å². The molecule has 0 radical (unpaired) electrons. The number of rotatable bonds is 4. The molecule has 0 aromatic heterocycles. The molecule has 19 heavy (non-hydrogen) atoms. The molecule has 2 nitrogen and oxygen atoms in total. The summed E-state index contributed by atoms with van der Waals surface area (Å²) < 4.78 is 5.54. The Morgan fingerprint density at radius 2 is 2.05 bits per heavy atom. The first kappa shape index (κ1) is 14.2. The van der Waals surface area contributed by atoms with Crippen LogP contribution in [0.1, 0.15) is 45.6 Å². The molecule has 106 valence electrons. The van der Waals surface area contributed by atoms with Crippen molar-refractivity contribution in [3.8, 4) is 5.75 Å². The van der Waals surface area contributed by atoms with Crippen LogP contribution in [-0.2, 0) is 0 Å². The molecule has 1 N–H and O–H groups in total. The van der Waals surface area contributed by atoms with E-state index in [9.17, 15) is 0 Å². The van der Waals surface area contributed by atoms with Gasteiger partial charge in [-0.1, -0.05) is 20.3 Å². The number of benzene rings is 1. The zero-order chi connectivity index (χ0) is 13.8. The fourth-order valence-corrected chi connectivity index (χ4v) is 2.99. The molecule has 3 atom stereocenters. The van der Waals surface area contributed by atoms with Crippen LogP contribution < -0.4 is 10.1 Å². The van der Waals surface area contributed by atoms with Crippen molar-refractivity contribution in [2.24, 2.45) is 11.8 Å². The van der Waals surface area contributed by atoms with Gasteiger partial charge in [-0.25, -0.2) is 0 Å². The highest BCUT2D eigenvalue weighted by atomic mass is 16.5. The van der Waals surface area contributed by atoms with E-state index in [1.54, 1.807) is 0 Å². The van der Waals surface area contributed by atoms with Gasteiger partial charge in [0.2, 0.25) is 0 Å². The number of ether oxygens (including phenoxy) is 1. The summed E-state index contributed by atoms with van der Waals surface area (Å²) in [6.45, 7) is 9.64. The second-order valence-electron chi connectivity index (χ2n) is 6.06. The lowest BCUT2D eigenvalue weighted by Gasteiger charge is -2.34. The normalized spacial score (nSPS) is 27.1. The minimum atomic E-state index is 0.611. The Hall–Kier alpha value is -1.18. The molecule has 0 bridgehead atoms. The van der Waals surface area contributed by atoms with E-state index in [1.807, 2.05) is 6.92 Å². The van der Waals surface area contributed by atoms with Crippen molar-refractivity contribution in [2.45, 2.75) is 53.0 Å². The van der Waals surface area contributed by atoms with Crippen molar-refractivity contribution in [1.82, 2.24) is 0 Å². The topological polar surface area (TPSA) is 21.3 Å². The number of aryl methyl sites for hydroxylation is 1. The maximum atomic E-state index is 5.54. The third kappa shape index (κ3) is 3.65. The largest absolute Gasteiger partial charge is 0.494 e. The van der Waals surface area contributed by atoms with Crippen molar-refractivity contribution < 1.29 is 4.74 Å². The first-order chi connectivity index (χ1) is 9.10. The molecule has 0 saturated heterocycles. The van der Waals surface area contributed by atoms with Crippen LogP contribution in [-0.4, -0.2) is 12.6 Å². The van der Waals surface area contributed by atoms with Gasteiger partial charge in [0.15, 0.2) is 0 Å². The Morgan fingerprint density at radius 1 is 1.26 bits per heavy atom. The van der Waals surface area contributed by atoms with E-state index in [4.69, 9.17) is 4.74 Å². The lowest BCUT2D eigenvalue weighted by atomic mass is 9.80. The van der Waals surface area contributed by atoms with Crippen molar-refractivity contribution in [3.63, 3.8) is 0 Å². The van der Waals surface area contributed by atoms with Crippen LogP contribution in [0.4, 0.5) is 5.69 Å². The minimum absolute atomic E-state index is 0.611. The zero-order valence-corrected chi connectivity index (χ0v) is 12.7. The Labute approximate surface area is 117 Å². The molecule has 3 unspecified atom stereocenters. The maximum Gasteiger partial charge on any atom is 0.119 e. The second kappa shape index (κ2) is 6.31. The average molecular weight is 261 g/mol. The summed E-state index contributed by atoms with van der Waals surface area (Å²) in [7, 11) is 0. The molecule has 0 amide bonds. The summed E-state index contributed by atoms with van der Waals surface area (Å²) >= 11 is 0. The predicted octanol–water partition coefficient (Wildman–Crippen LogP) is 4.63. The zero-order valence-electron chi connectivity index (χ0n) is 12.7. The van der Waals surface area contributed by atoms with Gasteiger partial charge < -0.3 is 10.1 Å². The third-order valence-corrected chi connectivity index (χ3v) is 4.31. The summed E-state index contributed by atoms with van der Waals surface area (Å²) in [4.78, 5) is 0. The summed E-state index contributed by atoms with van der Waals surface area (Å²) in [6.07, 6.45) is 4.00. The highest BCUT2D eigenvalue weighted by Crippen LogP contribution is 2.32. The van der Waals surface area contributed by atoms with Crippen LogP contribution in [0.25, 0.3) is 0 Å². The molecule has 1 aliphatic carbocycles. The summed E-state index contributed by atoms with van der Waals surface area (Å²) in [6, 6.07) is 6.96. The molecular weight excluding hydrogens is 234 g/mol. The molecule has 0 aliphatic heterocycles. The lowest BCUT2D eigenvalue weighted by molar-refractivity contribution is 0.280. The lowest BCUT2D eigenvalue weighted by Crippen LogP contribution is -2.33. The SMILES string of the molecule is CCOc1ccc(NC2CC(C)CCC2C)c(C)c1. The fraction of sp³-hybridized carbons (Fsp3) is 0.647. The Morgan fingerprint density at radius 3 is 2.74 bits per heavy atom. The molecule has 2 heteroatoms. The second-order valence-corrected chi connectivity index (χ2v) is 6.06. The number of nitrogens with one attached hydrogen (secondary N) is 1. The van der Waals surface area contributed by atoms with Crippen molar-refractivity contribution in [1.29, 1.82) is 0 Å². The van der Waals surface area contributed by atoms with Gasteiger partial charge in [0, 0.05) is 11.7 Å². The first-order valence-corrected chi connectivity index (χ1v) is 7.60. The van der Waals surface area contributed by atoms with E-state index in [2.05, 4.69) is 44.3 Å². The molecular formula is C17H27NO. The maximum absolute atomic E-state index is 5.54. The van der Waals surface area contributed by atoms with Gasteiger partial charge in [-0.3, -0.25) is 0 Å². The Balaban J connectivity index is 2.05. The molecule has 0 spiro atoms. The molecule has 1 saturated carbocycles. The average Bonchev–Trinajstić information content (AvgIpc) is 2.37. The summed E-state index contributed by atoms with van der Waals surface area (Å²) in [5.41, 5.74) is 2.53. The minimum Gasteiger partial charge on any atom is -0.494 e. The quantitative estimate of drug-likeness (QED) is 0.853. The van der Waals surface area contributed by atoms with Crippen LogP contribution in [0.15, 0.2) is 18.2 Å². The summed E-state index contributed by atoms with van der Waals surface area (Å²) in [5, 5.41) is 3.74. The van der Waals surface area contributed by atoms with Gasteiger partial charge in [-0.15, -0.1) is 0 Å². The van der Waals surface area contributed by atoms with Crippen molar-refractivity contribution in [3.05, 3.63) is 23.8 Å². The van der Waals surface area contributed by atoms with Gasteiger partial charge in [-0.05, 0) is 62.3 Å². The van der Waals surface area contributed by atoms with E-state index in [-0.39, 0.29) is 0 Å². The Kier molecular flexibility index (Phi) is 4.73. The van der Waals surface area contributed by atoms with E-state index in [0.717, 1.165) is 24.2 Å². The standard InChI is InChI=1S/C17H27NO/c1-5-19-15-8-9-16(14(4)11-15)18-17-10-12(2)6-7-13(17)3/h8-9,11-13,17-18H,5-7,10H2,1-4H3. The highest BCUT2D eigenvalue weighted by Gasteiger charge is 2.25. The smallest absolute Gasteiger partial charge is 0.119 e. The van der Waals surface area contributed by atoms with E-state index < -0.39 is 0 Å². The van der Waals surface area contributed by atoms with Crippen LogP contribution in [0.3, 0.4) is 0 Å². The van der Waals surface area contributed by atoms with E-state index >= 15 is 0 Å². The van der Waals surface area contributed by atoms with Crippen LogP contribution in [0.2, 0.25) is 0 Å². The molecule has 1 aromatic rings. The summed E-state index contributed by atoms with van der Waals surface area (Å²) in [5.74, 6) is 2.58. The highest BCUT2D eigenvalue weighted by molar-refractivity contribution is 5.54. The van der Waals surface area contributed by atoms with E-state index in [0.29, 0.717) is 6.04 Å². The van der Waals surface area contributed by atoms with Gasteiger partial charge in [0.1, 0.15) is 5.75 Å². The Bertz CT molecular complexity index is 416. The van der Waals surface area contributed by atoms with Gasteiger partial charge >= 0.3 is 0 Å². The van der Waals surface area contributed by atoms with Crippen LogP contribution >= 0.6 is 0 Å². The number of hydrogen-bond acceptors (Lipinski definition) is 2. The molecule has 1 aliphatic rings. The third-order valence-electron chi connectivity index (χ3n) is 4.31. The van der Waals surface area contributed by atoms with Crippen molar-refractivity contribution in [2.75, 3.05) is 11.9 Å². The monoisotopic (exact) mass is 261 g/mol. The predicted molar refractivity (Wildman–Crippen MR) is 81.9 cm³/mol. The molecule has 0 heterocycles. The first-order valence-electron chi connectivity index (χ1n) is 7.60. The fourth-order valence-electron chi connectivity index (χ4n) is 2.99. The van der Waals surface area contributed by atoms with Crippen LogP contribution in [0.5, 0.6) is 5.75 Å².